The van der Waals surface area contributed by atoms with Gasteiger partial charge < -0.3 is 26.4 Å². The molecule has 0 saturated heterocycles. The van der Waals surface area contributed by atoms with E-state index in [0.29, 0.717) is 12.8 Å². The zero-order valence-electron chi connectivity index (χ0n) is 19.9. The van der Waals surface area contributed by atoms with E-state index in [9.17, 15) is 19.8 Å². The molecule has 0 amide bonds. The molecular formula is C26H36N2O5. The zero-order valence-corrected chi connectivity index (χ0v) is 19.9. The maximum atomic E-state index is 12.7. The third-order valence-electron chi connectivity index (χ3n) is 5.36. The lowest BCUT2D eigenvalue weighted by atomic mass is 9.91. The number of nitrogens with two attached hydrogens (primary N) is 2. The van der Waals surface area contributed by atoms with E-state index >= 15 is 0 Å². The van der Waals surface area contributed by atoms with Crippen LogP contribution in [0.15, 0.2) is 48.5 Å². The Balaban J connectivity index is 1.89. The molecule has 6 N–H and O–H groups in total. The van der Waals surface area contributed by atoms with E-state index < -0.39 is 23.3 Å². The molecule has 2 rings (SSSR count). The van der Waals surface area contributed by atoms with Gasteiger partial charge in [-0.25, -0.2) is 0 Å². The number of Topliss-reactive ketones (excluding diaryl/α,β-unsaturated/α-hetero) is 2. The lowest BCUT2D eigenvalue weighted by Crippen LogP contribution is -2.45. The number of ketones is 2. The summed E-state index contributed by atoms with van der Waals surface area (Å²) in [5.41, 5.74) is 12.3. The van der Waals surface area contributed by atoms with E-state index in [-0.39, 0.29) is 35.9 Å². The summed E-state index contributed by atoms with van der Waals surface area (Å²) >= 11 is 0. The molecule has 2 atom stereocenters. The molecule has 0 aromatic heterocycles. The largest absolute Gasteiger partial charge is 0.508 e. The van der Waals surface area contributed by atoms with Crippen molar-refractivity contribution in [1.82, 2.24) is 0 Å². The highest BCUT2D eigenvalue weighted by Crippen LogP contribution is 2.27. The predicted octanol–water partition coefficient (Wildman–Crippen LogP) is 3.03. The summed E-state index contributed by atoms with van der Waals surface area (Å²) in [6.07, 6.45) is 0.930. The van der Waals surface area contributed by atoms with Crippen LogP contribution in [0.4, 0.5) is 0 Å². The summed E-state index contributed by atoms with van der Waals surface area (Å²) in [5, 5.41) is 18.8. The van der Waals surface area contributed by atoms with Crippen LogP contribution in [0.2, 0.25) is 0 Å². The molecule has 0 aliphatic carbocycles. The van der Waals surface area contributed by atoms with Crippen LogP contribution >= 0.6 is 0 Å². The SMILES string of the molecule is CC(C)(CC(=O)[C@@H](N)Cc1ccc(O)cc1)OC(C)(C)CC(=O)[C@@H](N)Cc1ccc(O)cc1. The highest BCUT2D eigenvalue weighted by atomic mass is 16.5. The van der Waals surface area contributed by atoms with Gasteiger partial charge in [-0.15, -0.1) is 0 Å². The molecule has 0 radical (unpaired) electrons. The molecule has 33 heavy (non-hydrogen) atoms. The molecule has 0 aliphatic heterocycles. The van der Waals surface area contributed by atoms with Crippen LogP contribution in [-0.4, -0.2) is 45.1 Å². The predicted molar refractivity (Wildman–Crippen MR) is 128 cm³/mol. The van der Waals surface area contributed by atoms with Gasteiger partial charge in [-0.1, -0.05) is 24.3 Å². The average molecular weight is 457 g/mol. The van der Waals surface area contributed by atoms with E-state index in [4.69, 9.17) is 16.2 Å². The van der Waals surface area contributed by atoms with Crippen molar-refractivity contribution in [2.45, 2.75) is 76.7 Å². The standard InChI is InChI=1S/C26H36N2O5/c1-25(2,15-23(31)21(27)13-17-5-9-19(29)10-6-17)33-26(3,4)16-24(32)22(28)14-18-7-11-20(30)12-8-18/h5-12,21-22,29-30H,13-16,27-28H2,1-4H3/t21-,22-/m0/s1. The Morgan fingerprint density at radius 1 is 0.727 bits per heavy atom. The van der Waals surface area contributed by atoms with Gasteiger partial charge in [0.2, 0.25) is 0 Å². The fourth-order valence-electron chi connectivity index (χ4n) is 3.92. The van der Waals surface area contributed by atoms with Crippen molar-refractivity contribution in [2.75, 3.05) is 0 Å². The number of rotatable bonds is 12. The Labute approximate surface area is 195 Å². The number of hydrogen-bond donors (Lipinski definition) is 4. The maximum absolute atomic E-state index is 12.7. The van der Waals surface area contributed by atoms with Crippen LogP contribution in [0.3, 0.4) is 0 Å². The van der Waals surface area contributed by atoms with Crippen molar-refractivity contribution in [3.63, 3.8) is 0 Å². The van der Waals surface area contributed by atoms with Gasteiger partial charge in [0.1, 0.15) is 11.5 Å². The topological polar surface area (TPSA) is 136 Å². The van der Waals surface area contributed by atoms with Crippen molar-refractivity contribution in [3.05, 3.63) is 59.7 Å². The van der Waals surface area contributed by atoms with Crippen LogP contribution in [0.1, 0.15) is 51.7 Å². The van der Waals surface area contributed by atoms with Crippen LogP contribution in [0.25, 0.3) is 0 Å². The number of hydrogen-bond acceptors (Lipinski definition) is 7. The molecule has 7 heteroatoms. The summed E-state index contributed by atoms with van der Waals surface area (Å²) < 4.78 is 6.18. The van der Waals surface area contributed by atoms with Crippen molar-refractivity contribution >= 4 is 11.6 Å². The van der Waals surface area contributed by atoms with Crippen molar-refractivity contribution < 1.29 is 24.5 Å². The molecular weight excluding hydrogens is 420 g/mol. The van der Waals surface area contributed by atoms with E-state index in [1.165, 1.54) is 0 Å². The number of aromatic hydroxyl groups is 2. The number of carbonyl (C=O) groups excluding carboxylic acids is 2. The molecule has 0 aliphatic rings. The highest BCUT2D eigenvalue weighted by molar-refractivity contribution is 5.85. The lowest BCUT2D eigenvalue weighted by molar-refractivity contribution is -0.151. The number of phenolic OH excluding ortho intramolecular Hbond substituents is 2. The third-order valence-corrected chi connectivity index (χ3v) is 5.36. The van der Waals surface area contributed by atoms with Crippen molar-refractivity contribution in [1.29, 1.82) is 0 Å². The minimum absolute atomic E-state index is 0.101. The Hall–Kier alpha value is -2.74. The minimum atomic E-state index is -0.825. The second kappa shape index (κ2) is 10.9. The van der Waals surface area contributed by atoms with Crippen molar-refractivity contribution in [3.8, 4) is 11.5 Å². The zero-order chi connectivity index (χ0) is 24.8. The molecule has 0 unspecified atom stereocenters. The summed E-state index contributed by atoms with van der Waals surface area (Å²) in [5.74, 6) is 0.0407. The molecule has 0 saturated carbocycles. The van der Waals surface area contributed by atoms with Crippen molar-refractivity contribution in [2.24, 2.45) is 11.5 Å². The van der Waals surface area contributed by atoms with Gasteiger partial charge >= 0.3 is 0 Å². The van der Waals surface area contributed by atoms with Gasteiger partial charge in [-0.2, -0.15) is 0 Å². The van der Waals surface area contributed by atoms with Gasteiger partial charge in [0, 0.05) is 12.8 Å². The van der Waals surface area contributed by atoms with Gasteiger partial charge in [0.15, 0.2) is 11.6 Å². The van der Waals surface area contributed by atoms with E-state index in [1.807, 2.05) is 0 Å². The highest BCUT2D eigenvalue weighted by Gasteiger charge is 2.35. The second-order valence-electron chi connectivity index (χ2n) is 9.86. The number of ether oxygens (including phenoxy) is 1. The molecule has 7 nitrogen and oxygen atoms in total. The molecule has 2 aromatic rings. The Kier molecular flexibility index (Phi) is 8.77. The van der Waals surface area contributed by atoms with Gasteiger partial charge in [0.05, 0.1) is 23.3 Å². The average Bonchev–Trinajstić information content (AvgIpc) is 2.69. The normalized spacial score (nSPS) is 14.0. The summed E-state index contributed by atoms with van der Waals surface area (Å²) in [7, 11) is 0. The number of phenols is 2. The lowest BCUT2D eigenvalue weighted by Gasteiger charge is -2.36. The van der Waals surface area contributed by atoms with Crippen LogP contribution < -0.4 is 11.5 Å². The maximum Gasteiger partial charge on any atom is 0.152 e. The number of carbonyl (C=O) groups is 2. The third kappa shape index (κ3) is 8.96. The molecule has 0 bridgehead atoms. The molecule has 2 aromatic carbocycles. The summed E-state index contributed by atoms with van der Waals surface area (Å²) in [6.45, 7) is 7.23. The molecule has 0 heterocycles. The van der Waals surface area contributed by atoms with E-state index in [1.54, 1.807) is 76.2 Å². The van der Waals surface area contributed by atoms with E-state index in [2.05, 4.69) is 0 Å². The summed E-state index contributed by atoms with van der Waals surface area (Å²) in [4.78, 5) is 25.4. The first kappa shape index (κ1) is 26.5. The molecule has 0 fully saturated rings. The fraction of sp³-hybridized carbons (Fsp3) is 0.462. The monoisotopic (exact) mass is 456 g/mol. The Morgan fingerprint density at radius 2 is 1.03 bits per heavy atom. The first-order valence-electron chi connectivity index (χ1n) is 11.1. The van der Waals surface area contributed by atoms with Crippen LogP contribution in [-0.2, 0) is 27.2 Å². The Morgan fingerprint density at radius 3 is 1.33 bits per heavy atom. The quantitative estimate of drug-likeness (QED) is 0.385. The van der Waals surface area contributed by atoms with Crippen LogP contribution in [0, 0.1) is 0 Å². The van der Waals surface area contributed by atoms with Gasteiger partial charge in [-0.3, -0.25) is 9.59 Å². The number of benzene rings is 2. The Bertz CT molecular complexity index is 859. The minimum Gasteiger partial charge on any atom is -0.508 e. The van der Waals surface area contributed by atoms with Gasteiger partial charge in [0.25, 0.3) is 0 Å². The first-order valence-corrected chi connectivity index (χ1v) is 11.1. The first-order chi connectivity index (χ1) is 15.3. The second-order valence-corrected chi connectivity index (χ2v) is 9.86. The summed E-state index contributed by atoms with van der Waals surface area (Å²) in [6, 6.07) is 11.8. The van der Waals surface area contributed by atoms with Crippen LogP contribution in [0.5, 0.6) is 11.5 Å². The smallest absolute Gasteiger partial charge is 0.152 e. The molecule has 0 spiro atoms. The van der Waals surface area contributed by atoms with Gasteiger partial charge in [-0.05, 0) is 75.9 Å². The van der Waals surface area contributed by atoms with E-state index in [0.717, 1.165) is 11.1 Å². The molecule has 180 valence electrons. The fourth-order valence-corrected chi connectivity index (χ4v) is 3.92.